The minimum atomic E-state index is -0.400. The van der Waals surface area contributed by atoms with Crippen molar-refractivity contribution in [2.24, 2.45) is 0 Å². The summed E-state index contributed by atoms with van der Waals surface area (Å²) >= 11 is 1.60. The zero-order chi connectivity index (χ0) is 11.1. The highest BCUT2D eigenvalue weighted by Gasteiger charge is 2.01. The minimum Gasteiger partial charge on any atom is -0.303 e. The Kier molecular flexibility index (Phi) is 5.65. The van der Waals surface area contributed by atoms with Crippen molar-refractivity contribution in [1.29, 1.82) is 0 Å². The van der Waals surface area contributed by atoms with Gasteiger partial charge in [0, 0.05) is 12.3 Å². The zero-order valence-electron chi connectivity index (χ0n) is 9.24. The van der Waals surface area contributed by atoms with E-state index in [1.54, 1.807) is 17.8 Å². The topological polar surface area (TPSA) is 16.1 Å². The summed E-state index contributed by atoms with van der Waals surface area (Å²) in [5, 5.41) is 0.766. The minimum absolute atomic E-state index is 0.400. The van der Waals surface area contributed by atoms with E-state index in [-0.39, 0.29) is 0 Å². The van der Waals surface area contributed by atoms with E-state index in [1.165, 1.54) is 6.07 Å². The highest BCUT2D eigenvalue weighted by molar-refractivity contribution is 7.99. The lowest BCUT2D eigenvalue weighted by Gasteiger charge is -2.16. The van der Waals surface area contributed by atoms with E-state index >= 15 is 0 Å². The Hall–Kier alpha value is -0.610. The lowest BCUT2D eigenvalue weighted by atomic mass is 10.5. The number of halogens is 1. The van der Waals surface area contributed by atoms with E-state index < -0.39 is 5.95 Å². The van der Waals surface area contributed by atoms with Crippen LogP contribution in [0.5, 0.6) is 0 Å². The molecule has 0 saturated carbocycles. The third-order valence-corrected chi connectivity index (χ3v) is 3.15. The predicted molar refractivity (Wildman–Crippen MR) is 62.7 cm³/mol. The van der Waals surface area contributed by atoms with Crippen LogP contribution in [-0.4, -0.2) is 35.3 Å². The molecule has 1 aromatic heterocycles. The molecule has 0 aliphatic heterocycles. The Bertz CT molecular complexity index is 290. The molecule has 0 saturated heterocycles. The van der Waals surface area contributed by atoms with Gasteiger partial charge in [-0.15, -0.1) is 11.8 Å². The van der Waals surface area contributed by atoms with E-state index in [4.69, 9.17) is 0 Å². The maximum Gasteiger partial charge on any atom is 0.213 e. The summed E-state index contributed by atoms with van der Waals surface area (Å²) < 4.78 is 12.8. The number of hydrogen-bond donors (Lipinski definition) is 0. The molecule has 0 aliphatic rings. The molecule has 2 nitrogen and oxygen atoms in total. The molecular weight excluding hydrogens is 211 g/mol. The molecule has 1 heterocycles. The Morgan fingerprint density at radius 1 is 1.33 bits per heavy atom. The number of pyridine rings is 1. The molecule has 0 aliphatic carbocycles. The third-order valence-electron chi connectivity index (χ3n) is 2.24. The summed E-state index contributed by atoms with van der Waals surface area (Å²) in [7, 11) is 0. The molecule has 0 bridgehead atoms. The Morgan fingerprint density at radius 3 is 2.67 bits per heavy atom. The van der Waals surface area contributed by atoms with Gasteiger partial charge < -0.3 is 4.90 Å². The van der Waals surface area contributed by atoms with Gasteiger partial charge in [-0.25, -0.2) is 4.98 Å². The van der Waals surface area contributed by atoms with Gasteiger partial charge in [-0.2, -0.15) is 4.39 Å². The van der Waals surface area contributed by atoms with Crippen LogP contribution in [-0.2, 0) is 0 Å². The highest BCUT2D eigenvalue weighted by atomic mass is 32.2. The summed E-state index contributed by atoms with van der Waals surface area (Å²) in [6.45, 7) is 7.44. The quantitative estimate of drug-likeness (QED) is 0.550. The predicted octanol–water partition coefficient (Wildman–Crippen LogP) is 2.65. The Balaban J connectivity index is 2.31. The number of aromatic nitrogens is 1. The van der Waals surface area contributed by atoms with Crippen LogP contribution in [0.15, 0.2) is 23.2 Å². The van der Waals surface area contributed by atoms with Crippen molar-refractivity contribution in [1.82, 2.24) is 9.88 Å². The highest BCUT2D eigenvalue weighted by Crippen LogP contribution is 2.14. The van der Waals surface area contributed by atoms with E-state index in [2.05, 4.69) is 23.7 Å². The maximum absolute atomic E-state index is 12.8. The molecule has 0 atom stereocenters. The average molecular weight is 228 g/mol. The van der Waals surface area contributed by atoms with Gasteiger partial charge in [0.25, 0.3) is 0 Å². The fraction of sp³-hybridized carbons (Fsp3) is 0.545. The average Bonchev–Trinajstić information content (AvgIpc) is 2.25. The van der Waals surface area contributed by atoms with Crippen LogP contribution in [0.25, 0.3) is 0 Å². The van der Waals surface area contributed by atoms with Crippen molar-refractivity contribution < 1.29 is 4.39 Å². The molecule has 15 heavy (non-hydrogen) atoms. The zero-order valence-corrected chi connectivity index (χ0v) is 10.1. The number of hydrogen-bond acceptors (Lipinski definition) is 3. The smallest absolute Gasteiger partial charge is 0.213 e. The van der Waals surface area contributed by atoms with Crippen LogP contribution < -0.4 is 0 Å². The largest absolute Gasteiger partial charge is 0.303 e. The maximum atomic E-state index is 12.8. The molecule has 0 aromatic carbocycles. The first-order chi connectivity index (χ1) is 7.26. The molecule has 0 radical (unpaired) electrons. The van der Waals surface area contributed by atoms with E-state index in [0.29, 0.717) is 0 Å². The van der Waals surface area contributed by atoms with Crippen LogP contribution in [0.4, 0.5) is 4.39 Å². The molecular formula is C11H17FN2S. The summed E-state index contributed by atoms with van der Waals surface area (Å²) in [6, 6.07) is 4.91. The van der Waals surface area contributed by atoms with E-state index in [9.17, 15) is 4.39 Å². The van der Waals surface area contributed by atoms with Crippen molar-refractivity contribution >= 4 is 11.8 Å². The van der Waals surface area contributed by atoms with Gasteiger partial charge in [-0.1, -0.05) is 19.9 Å². The molecule has 0 spiro atoms. The van der Waals surface area contributed by atoms with Crippen molar-refractivity contribution in [2.45, 2.75) is 18.9 Å². The van der Waals surface area contributed by atoms with Crippen LogP contribution in [0.3, 0.4) is 0 Å². The van der Waals surface area contributed by atoms with E-state index in [1.807, 2.05) is 6.07 Å². The van der Waals surface area contributed by atoms with Gasteiger partial charge >= 0.3 is 0 Å². The SMILES string of the molecule is CCN(CC)CCSc1cccc(F)n1. The van der Waals surface area contributed by atoms with Gasteiger partial charge in [0.2, 0.25) is 5.95 Å². The summed E-state index contributed by atoms with van der Waals surface area (Å²) in [5.41, 5.74) is 0. The van der Waals surface area contributed by atoms with Gasteiger partial charge in [0.1, 0.15) is 0 Å². The molecule has 4 heteroatoms. The van der Waals surface area contributed by atoms with Crippen LogP contribution in [0.2, 0.25) is 0 Å². The van der Waals surface area contributed by atoms with Gasteiger partial charge in [0.05, 0.1) is 5.03 Å². The van der Waals surface area contributed by atoms with Crippen molar-refractivity contribution in [3.63, 3.8) is 0 Å². The molecule has 1 aromatic rings. The molecule has 0 fully saturated rings. The summed E-state index contributed by atoms with van der Waals surface area (Å²) in [4.78, 5) is 6.14. The molecule has 0 N–H and O–H groups in total. The van der Waals surface area contributed by atoms with Crippen LogP contribution in [0.1, 0.15) is 13.8 Å². The Morgan fingerprint density at radius 2 is 2.07 bits per heavy atom. The molecule has 0 amide bonds. The van der Waals surface area contributed by atoms with Gasteiger partial charge in [-0.3, -0.25) is 0 Å². The van der Waals surface area contributed by atoms with Gasteiger partial charge in [0.15, 0.2) is 0 Å². The standard InChI is InChI=1S/C11H17FN2S/c1-3-14(4-2)8-9-15-11-7-5-6-10(12)13-11/h5-7H,3-4,8-9H2,1-2H3. The third kappa shape index (κ3) is 4.62. The van der Waals surface area contributed by atoms with Gasteiger partial charge in [-0.05, 0) is 25.2 Å². The first kappa shape index (κ1) is 12.5. The second-order valence-corrected chi connectivity index (χ2v) is 4.29. The van der Waals surface area contributed by atoms with Crippen LogP contribution >= 0.6 is 11.8 Å². The van der Waals surface area contributed by atoms with Crippen LogP contribution in [0, 0.1) is 5.95 Å². The molecule has 1 rings (SSSR count). The Labute approximate surface area is 94.9 Å². The molecule has 0 unspecified atom stereocenters. The monoisotopic (exact) mass is 228 g/mol. The lowest BCUT2D eigenvalue weighted by molar-refractivity contribution is 0.324. The van der Waals surface area contributed by atoms with Crippen molar-refractivity contribution in [3.8, 4) is 0 Å². The fourth-order valence-electron chi connectivity index (χ4n) is 1.29. The second-order valence-electron chi connectivity index (χ2n) is 3.17. The van der Waals surface area contributed by atoms with Crippen molar-refractivity contribution in [3.05, 3.63) is 24.1 Å². The van der Waals surface area contributed by atoms with E-state index in [0.717, 1.165) is 30.4 Å². The summed E-state index contributed by atoms with van der Waals surface area (Å²) in [5.74, 6) is 0.556. The molecule has 84 valence electrons. The summed E-state index contributed by atoms with van der Waals surface area (Å²) in [6.07, 6.45) is 0. The number of nitrogens with zero attached hydrogens (tertiary/aromatic N) is 2. The second kappa shape index (κ2) is 6.80. The number of rotatable bonds is 6. The normalized spacial score (nSPS) is 10.9. The fourth-order valence-corrected chi connectivity index (χ4v) is 2.17. The lowest BCUT2D eigenvalue weighted by Crippen LogP contribution is -2.25. The first-order valence-corrected chi connectivity index (χ1v) is 6.22. The van der Waals surface area contributed by atoms with Crippen molar-refractivity contribution in [2.75, 3.05) is 25.4 Å². The first-order valence-electron chi connectivity index (χ1n) is 5.24. The number of thioether (sulfide) groups is 1.